The Labute approximate surface area is 236 Å². The van der Waals surface area contributed by atoms with Gasteiger partial charge in [0.1, 0.15) is 22.7 Å². The van der Waals surface area contributed by atoms with Gasteiger partial charge in [0.05, 0.1) is 17.8 Å². The first-order valence-electron chi connectivity index (χ1n) is 13.1. The summed E-state index contributed by atoms with van der Waals surface area (Å²) in [6, 6.07) is 20.2. The summed E-state index contributed by atoms with van der Waals surface area (Å²) in [5.74, 6) is -0.125. The van der Waals surface area contributed by atoms with E-state index in [4.69, 9.17) is 9.47 Å². The summed E-state index contributed by atoms with van der Waals surface area (Å²) in [6.45, 7) is 5.10. The highest BCUT2D eigenvalue weighted by atomic mass is 19.1. The van der Waals surface area contributed by atoms with E-state index in [9.17, 15) is 14.7 Å². The van der Waals surface area contributed by atoms with E-state index < -0.39 is 22.8 Å². The molecule has 0 spiro atoms. The lowest BCUT2D eigenvalue weighted by atomic mass is 10.0. The van der Waals surface area contributed by atoms with Crippen molar-refractivity contribution in [1.82, 2.24) is 14.3 Å². The van der Waals surface area contributed by atoms with Gasteiger partial charge in [-0.25, -0.2) is 9.07 Å². The fourth-order valence-electron chi connectivity index (χ4n) is 4.62. The summed E-state index contributed by atoms with van der Waals surface area (Å²) in [7, 11) is 1.72. The molecule has 0 amide bonds. The minimum absolute atomic E-state index is 0.0160. The largest absolute Gasteiger partial charge is 0.485 e. The molecule has 0 aliphatic rings. The molecule has 5 rings (SSSR count). The molecule has 1 N–H and O–H groups in total. The van der Waals surface area contributed by atoms with Crippen molar-refractivity contribution in [3.63, 3.8) is 0 Å². The lowest BCUT2D eigenvalue weighted by Crippen LogP contribution is -2.32. The fraction of sp³-hybridized carbons (Fsp3) is 0.219. The molecule has 5 aromatic rings. The average molecular weight is 556 g/mol. The number of ether oxygens (including phenoxy) is 2. The zero-order chi connectivity index (χ0) is 29.3. The molecule has 8 nitrogen and oxygen atoms in total. The Kier molecular flexibility index (Phi) is 7.47. The van der Waals surface area contributed by atoms with E-state index in [0.717, 1.165) is 0 Å². The molecule has 0 aliphatic heterocycles. The maximum atomic E-state index is 15.2. The SMILES string of the molecule is Cc1c(C(=O)Cc2ccc(Oc3ccnc4cc(OC(C)(C)CO)ccc34)c(F)c2)c(=O)n(-c2ccccc2)n1C. The number of pyridine rings is 1. The molecular formula is C32H30FN3O5. The van der Waals surface area contributed by atoms with E-state index in [1.54, 1.807) is 81.2 Å². The molecule has 2 aromatic heterocycles. The molecule has 0 aliphatic carbocycles. The summed E-state index contributed by atoms with van der Waals surface area (Å²) in [5.41, 5.74) is 1.08. The number of benzene rings is 3. The van der Waals surface area contributed by atoms with Gasteiger partial charge < -0.3 is 14.6 Å². The number of fused-ring (bicyclic) bond motifs is 1. The molecule has 0 fully saturated rings. The number of aromatic nitrogens is 3. The Balaban J connectivity index is 1.36. The normalized spacial score (nSPS) is 11.6. The number of halogens is 1. The summed E-state index contributed by atoms with van der Waals surface area (Å²) < 4.78 is 30.0. The van der Waals surface area contributed by atoms with Gasteiger partial charge in [-0.3, -0.25) is 19.3 Å². The van der Waals surface area contributed by atoms with Crippen LogP contribution >= 0.6 is 0 Å². The highest BCUT2D eigenvalue weighted by Crippen LogP contribution is 2.33. The number of aliphatic hydroxyl groups is 1. The average Bonchev–Trinajstić information content (AvgIpc) is 3.17. The van der Waals surface area contributed by atoms with Crippen molar-refractivity contribution in [3.8, 4) is 22.9 Å². The van der Waals surface area contributed by atoms with Crippen LogP contribution in [0.3, 0.4) is 0 Å². The maximum Gasteiger partial charge on any atom is 0.282 e. The van der Waals surface area contributed by atoms with Crippen molar-refractivity contribution in [2.75, 3.05) is 6.61 Å². The third-order valence-electron chi connectivity index (χ3n) is 6.86. The van der Waals surface area contributed by atoms with E-state index in [1.807, 2.05) is 18.2 Å². The summed E-state index contributed by atoms with van der Waals surface area (Å²) in [4.78, 5) is 30.7. The number of hydrogen-bond donors (Lipinski definition) is 1. The van der Waals surface area contributed by atoms with Crippen molar-refractivity contribution in [2.45, 2.75) is 32.8 Å². The number of aliphatic hydroxyl groups excluding tert-OH is 1. The van der Waals surface area contributed by atoms with Gasteiger partial charge in [-0.1, -0.05) is 24.3 Å². The summed E-state index contributed by atoms with van der Waals surface area (Å²) >= 11 is 0. The van der Waals surface area contributed by atoms with Crippen LogP contribution in [0.15, 0.2) is 83.8 Å². The van der Waals surface area contributed by atoms with E-state index in [-0.39, 0.29) is 24.3 Å². The van der Waals surface area contributed by atoms with E-state index >= 15 is 4.39 Å². The summed E-state index contributed by atoms with van der Waals surface area (Å²) in [5, 5.41) is 10.1. The zero-order valence-corrected chi connectivity index (χ0v) is 23.2. The lowest BCUT2D eigenvalue weighted by molar-refractivity contribution is 0.0413. The van der Waals surface area contributed by atoms with Crippen LogP contribution in [-0.2, 0) is 13.5 Å². The first-order chi connectivity index (χ1) is 19.6. The van der Waals surface area contributed by atoms with Gasteiger partial charge in [0.25, 0.3) is 5.56 Å². The predicted molar refractivity (Wildman–Crippen MR) is 154 cm³/mol. The van der Waals surface area contributed by atoms with Crippen LogP contribution in [0.5, 0.6) is 17.2 Å². The number of para-hydroxylation sites is 1. The number of ketones is 1. The zero-order valence-electron chi connectivity index (χ0n) is 23.2. The van der Waals surface area contributed by atoms with Crippen LogP contribution in [0.25, 0.3) is 16.6 Å². The number of Topliss-reactive ketones (excluding diaryl/α,β-unsaturated/α-hetero) is 1. The minimum Gasteiger partial charge on any atom is -0.485 e. The van der Waals surface area contributed by atoms with Crippen molar-refractivity contribution in [3.05, 3.63) is 112 Å². The van der Waals surface area contributed by atoms with Crippen LogP contribution in [0.1, 0.15) is 35.5 Å². The molecule has 9 heteroatoms. The van der Waals surface area contributed by atoms with Gasteiger partial charge in [0.2, 0.25) is 0 Å². The molecular weight excluding hydrogens is 525 g/mol. The van der Waals surface area contributed by atoms with E-state index in [1.165, 1.54) is 16.8 Å². The second kappa shape index (κ2) is 11.0. The van der Waals surface area contributed by atoms with Crippen LogP contribution in [0.4, 0.5) is 4.39 Å². The molecule has 0 saturated heterocycles. The monoisotopic (exact) mass is 555 g/mol. The molecule has 3 aromatic carbocycles. The molecule has 0 radical (unpaired) electrons. The van der Waals surface area contributed by atoms with Gasteiger partial charge in [-0.2, -0.15) is 0 Å². The van der Waals surface area contributed by atoms with Crippen molar-refractivity contribution in [1.29, 1.82) is 0 Å². The molecule has 0 unspecified atom stereocenters. The highest BCUT2D eigenvalue weighted by molar-refractivity contribution is 5.98. The first kappa shape index (κ1) is 27.8. The second-order valence-electron chi connectivity index (χ2n) is 10.4. The minimum atomic E-state index is -0.758. The van der Waals surface area contributed by atoms with Crippen molar-refractivity contribution in [2.24, 2.45) is 7.05 Å². The third kappa shape index (κ3) is 5.62. The molecule has 0 saturated carbocycles. The van der Waals surface area contributed by atoms with Crippen LogP contribution < -0.4 is 15.0 Å². The molecule has 0 atom stereocenters. The standard InChI is InChI=1S/C32H30FN3O5/c1-20-30(31(39)36(35(20)4)22-8-6-5-7-9-22)27(38)17-21-10-13-29(25(33)16-21)40-28-14-15-34-26-18-23(11-12-24(26)28)41-32(2,3)19-37/h5-16,18,37H,17,19H2,1-4H3. The molecule has 0 bridgehead atoms. The Morgan fingerprint density at radius 3 is 2.49 bits per heavy atom. The van der Waals surface area contributed by atoms with Crippen LogP contribution in [0, 0.1) is 12.7 Å². The van der Waals surface area contributed by atoms with Gasteiger partial charge in [0, 0.05) is 36.8 Å². The Morgan fingerprint density at radius 2 is 1.78 bits per heavy atom. The smallest absolute Gasteiger partial charge is 0.282 e. The van der Waals surface area contributed by atoms with Gasteiger partial charge in [-0.05, 0) is 68.8 Å². The highest BCUT2D eigenvalue weighted by Gasteiger charge is 2.23. The number of carbonyl (C=O) groups is 1. The van der Waals surface area contributed by atoms with Crippen molar-refractivity contribution < 1.29 is 23.8 Å². The number of nitrogens with zero attached hydrogens (tertiary/aromatic N) is 3. The third-order valence-corrected chi connectivity index (χ3v) is 6.86. The number of carbonyl (C=O) groups excluding carboxylic acids is 1. The summed E-state index contributed by atoms with van der Waals surface area (Å²) in [6.07, 6.45) is 1.41. The number of rotatable bonds is 9. The molecule has 210 valence electrons. The molecule has 2 heterocycles. The number of hydrogen-bond acceptors (Lipinski definition) is 6. The molecule has 41 heavy (non-hydrogen) atoms. The quantitative estimate of drug-likeness (QED) is 0.240. The van der Waals surface area contributed by atoms with Crippen LogP contribution in [-0.4, -0.2) is 37.4 Å². The Hall–Kier alpha value is -4.76. The van der Waals surface area contributed by atoms with Gasteiger partial charge in [0.15, 0.2) is 17.3 Å². The lowest BCUT2D eigenvalue weighted by Gasteiger charge is -2.24. The van der Waals surface area contributed by atoms with Crippen LogP contribution in [0.2, 0.25) is 0 Å². The predicted octanol–water partition coefficient (Wildman–Crippen LogP) is 5.54. The van der Waals surface area contributed by atoms with Crippen molar-refractivity contribution >= 4 is 16.7 Å². The van der Waals surface area contributed by atoms with E-state index in [0.29, 0.717) is 39.3 Å². The topological polar surface area (TPSA) is 95.6 Å². The maximum absolute atomic E-state index is 15.2. The Morgan fingerprint density at radius 1 is 1.02 bits per heavy atom. The second-order valence-corrected chi connectivity index (χ2v) is 10.4. The first-order valence-corrected chi connectivity index (χ1v) is 13.1. The van der Waals surface area contributed by atoms with Gasteiger partial charge >= 0.3 is 0 Å². The Bertz CT molecular complexity index is 1810. The van der Waals surface area contributed by atoms with Gasteiger partial charge in [-0.15, -0.1) is 0 Å². The fourth-order valence-corrected chi connectivity index (χ4v) is 4.62. The van der Waals surface area contributed by atoms with E-state index in [2.05, 4.69) is 4.98 Å².